The molecule has 1 saturated heterocycles. The fourth-order valence-corrected chi connectivity index (χ4v) is 2.97. The minimum atomic E-state index is -2.17. The Balaban J connectivity index is 2.06. The second kappa shape index (κ2) is 9.91. The van der Waals surface area contributed by atoms with Gasteiger partial charge in [0.05, 0.1) is 6.61 Å². The van der Waals surface area contributed by atoms with E-state index in [1.807, 2.05) is 0 Å². The Morgan fingerprint density at radius 1 is 0.826 bits per heavy atom. The van der Waals surface area contributed by atoms with Crippen molar-refractivity contribution in [2.24, 2.45) is 0 Å². The predicted octanol–water partition coefficient (Wildman–Crippen LogP) is 1.42. The number of hydrogen-bond donors (Lipinski definition) is 5. The summed E-state index contributed by atoms with van der Waals surface area (Å²) in [6.07, 6.45) is 8.50. The van der Waals surface area contributed by atoms with Gasteiger partial charge in [-0.25, -0.2) is 0 Å². The Hall–Kier alpha value is -0.240. The molecular formula is C17H34O6. The van der Waals surface area contributed by atoms with E-state index in [4.69, 9.17) is 9.84 Å². The van der Waals surface area contributed by atoms with Crippen LogP contribution in [0.15, 0.2) is 0 Å². The van der Waals surface area contributed by atoms with E-state index in [0.29, 0.717) is 6.42 Å². The highest BCUT2D eigenvalue weighted by atomic mass is 16.8. The van der Waals surface area contributed by atoms with Crippen molar-refractivity contribution in [1.82, 2.24) is 0 Å². The summed E-state index contributed by atoms with van der Waals surface area (Å²) in [7, 11) is 0. The molecule has 0 aromatic carbocycles. The van der Waals surface area contributed by atoms with Gasteiger partial charge in [-0.05, 0) is 6.42 Å². The lowest BCUT2D eigenvalue weighted by Crippen LogP contribution is -2.46. The van der Waals surface area contributed by atoms with Gasteiger partial charge < -0.3 is 30.3 Å². The number of hydrogen-bond acceptors (Lipinski definition) is 6. The molecule has 0 aromatic heterocycles. The molecule has 0 aliphatic carbocycles. The lowest BCUT2D eigenvalue weighted by Gasteiger charge is -2.20. The van der Waals surface area contributed by atoms with Gasteiger partial charge in [0.15, 0.2) is 0 Å². The third kappa shape index (κ3) is 5.96. The summed E-state index contributed by atoms with van der Waals surface area (Å²) in [6, 6.07) is 0. The Bertz CT molecular complexity index is 326. The van der Waals surface area contributed by atoms with Gasteiger partial charge in [-0.15, -0.1) is 0 Å². The summed E-state index contributed by atoms with van der Waals surface area (Å²) in [5, 5.41) is 47.8. The molecule has 0 bridgehead atoms. The summed E-state index contributed by atoms with van der Waals surface area (Å²) in [6.45, 7) is 1.50. The first-order valence-corrected chi connectivity index (χ1v) is 9.03. The van der Waals surface area contributed by atoms with Crippen molar-refractivity contribution >= 4 is 0 Å². The third-order valence-corrected chi connectivity index (χ3v) is 4.66. The quantitative estimate of drug-likeness (QED) is 0.242. The van der Waals surface area contributed by atoms with Crippen LogP contribution in [0.5, 0.6) is 0 Å². The van der Waals surface area contributed by atoms with Crippen molar-refractivity contribution in [2.75, 3.05) is 6.61 Å². The van der Waals surface area contributed by atoms with Crippen LogP contribution < -0.4 is 0 Å². The van der Waals surface area contributed by atoms with Crippen LogP contribution in [0.1, 0.15) is 77.6 Å². The summed E-state index contributed by atoms with van der Waals surface area (Å²) in [4.78, 5) is 0. The zero-order chi connectivity index (χ0) is 17.3. The molecule has 1 fully saturated rings. The molecule has 0 saturated carbocycles. The minimum absolute atomic E-state index is 0.204. The number of aliphatic hydroxyl groups is 5. The van der Waals surface area contributed by atoms with Gasteiger partial charge in [0.2, 0.25) is 5.79 Å². The van der Waals surface area contributed by atoms with E-state index in [9.17, 15) is 20.4 Å². The largest absolute Gasteiger partial charge is 0.394 e. The number of aliphatic hydroxyl groups excluding tert-OH is 3. The predicted molar refractivity (Wildman–Crippen MR) is 86.5 cm³/mol. The molecule has 0 aromatic rings. The van der Waals surface area contributed by atoms with E-state index in [1.54, 1.807) is 0 Å². The molecule has 1 aliphatic heterocycles. The Kier molecular flexibility index (Phi) is 8.97. The van der Waals surface area contributed by atoms with Crippen LogP contribution >= 0.6 is 0 Å². The third-order valence-electron chi connectivity index (χ3n) is 4.66. The van der Waals surface area contributed by atoms with Gasteiger partial charge in [-0.1, -0.05) is 64.7 Å². The number of epoxide rings is 1. The Labute approximate surface area is 139 Å². The average molecular weight is 334 g/mol. The molecule has 0 radical (unpaired) electrons. The van der Waals surface area contributed by atoms with Crippen LogP contribution in [0.4, 0.5) is 0 Å². The highest BCUT2D eigenvalue weighted by Crippen LogP contribution is 2.50. The van der Waals surface area contributed by atoms with E-state index in [-0.39, 0.29) is 6.42 Å². The Morgan fingerprint density at radius 2 is 1.30 bits per heavy atom. The smallest absolute Gasteiger partial charge is 0.253 e. The summed E-state index contributed by atoms with van der Waals surface area (Å²) < 4.78 is 4.85. The maximum absolute atomic E-state index is 10.1. The van der Waals surface area contributed by atoms with Crippen LogP contribution in [0.3, 0.4) is 0 Å². The average Bonchev–Trinajstić information content (AvgIpc) is 3.10. The fraction of sp³-hybridized carbons (Fsp3) is 1.00. The monoisotopic (exact) mass is 334 g/mol. The van der Waals surface area contributed by atoms with Crippen LogP contribution in [-0.4, -0.2) is 55.9 Å². The summed E-state index contributed by atoms with van der Waals surface area (Å²) in [5.74, 6) is -3.99. The topological polar surface area (TPSA) is 114 Å². The highest BCUT2D eigenvalue weighted by molar-refractivity contribution is 5.06. The van der Waals surface area contributed by atoms with Crippen LogP contribution in [0, 0.1) is 0 Å². The molecule has 138 valence electrons. The molecule has 1 rings (SSSR count). The second-order valence-electron chi connectivity index (χ2n) is 6.71. The van der Waals surface area contributed by atoms with Gasteiger partial charge in [-0.3, -0.25) is 0 Å². The van der Waals surface area contributed by atoms with Gasteiger partial charge in [0.1, 0.15) is 12.2 Å². The number of rotatable bonds is 14. The molecule has 23 heavy (non-hydrogen) atoms. The molecule has 1 heterocycles. The molecule has 1 aliphatic rings. The minimum Gasteiger partial charge on any atom is -0.394 e. The maximum atomic E-state index is 10.1. The van der Waals surface area contributed by atoms with Gasteiger partial charge in [0, 0.05) is 6.42 Å². The number of unbranched alkanes of at least 4 members (excludes halogenated alkanes) is 9. The normalized spacial score (nSPS) is 29.5. The van der Waals surface area contributed by atoms with Crippen LogP contribution in [0.25, 0.3) is 0 Å². The van der Waals surface area contributed by atoms with Gasteiger partial charge in [-0.2, -0.15) is 0 Å². The molecule has 0 spiro atoms. The van der Waals surface area contributed by atoms with Gasteiger partial charge >= 0.3 is 0 Å². The van der Waals surface area contributed by atoms with Crippen molar-refractivity contribution in [3.63, 3.8) is 0 Å². The summed E-state index contributed by atoms with van der Waals surface area (Å²) in [5.41, 5.74) is 0. The zero-order valence-electron chi connectivity index (χ0n) is 14.3. The van der Waals surface area contributed by atoms with E-state index >= 15 is 0 Å². The fourth-order valence-electron chi connectivity index (χ4n) is 2.97. The molecule has 5 N–H and O–H groups in total. The lowest BCUT2D eigenvalue weighted by atomic mass is 9.98. The molecule has 4 atom stereocenters. The van der Waals surface area contributed by atoms with E-state index in [1.165, 1.54) is 44.9 Å². The van der Waals surface area contributed by atoms with Gasteiger partial charge in [0.25, 0.3) is 5.79 Å². The molecule has 1 unspecified atom stereocenters. The molecule has 6 nitrogen and oxygen atoms in total. The Morgan fingerprint density at radius 3 is 1.78 bits per heavy atom. The molecule has 6 heteroatoms. The molecule has 0 amide bonds. The van der Waals surface area contributed by atoms with Crippen molar-refractivity contribution in [1.29, 1.82) is 0 Å². The van der Waals surface area contributed by atoms with Crippen molar-refractivity contribution in [3.05, 3.63) is 0 Å². The van der Waals surface area contributed by atoms with Crippen molar-refractivity contribution < 1.29 is 30.3 Å². The van der Waals surface area contributed by atoms with E-state index in [2.05, 4.69) is 6.92 Å². The first-order valence-electron chi connectivity index (χ1n) is 9.03. The van der Waals surface area contributed by atoms with E-state index < -0.39 is 30.4 Å². The first kappa shape index (κ1) is 20.8. The number of ether oxygens (including phenoxy) is 1. The zero-order valence-corrected chi connectivity index (χ0v) is 14.3. The first-order chi connectivity index (χ1) is 10.9. The lowest BCUT2D eigenvalue weighted by molar-refractivity contribution is -0.137. The van der Waals surface area contributed by atoms with Crippen molar-refractivity contribution in [2.45, 2.75) is 101 Å². The summed E-state index contributed by atoms with van der Waals surface area (Å²) >= 11 is 0. The standard InChI is InChI=1S/C17H34O6/c1-2-3-4-5-6-7-8-9-10-11-12-16(21)17(22,23-16)15(20)14(19)13-18/h14-15,18-22H,2-13H2,1H3/t14-,15-,16?,17+/m1/s1. The SMILES string of the molecule is CCCCCCCCCCCCC1(O)O[C@@]1(O)[C@H](O)[C@H](O)CO. The maximum Gasteiger partial charge on any atom is 0.253 e. The van der Waals surface area contributed by atoms with Crippen molar-refractivity contribution in [3.8, 4) is 0 Å². The van der Waals surface area contributed by atoms with Crippen LogP contribution in [0.2, 0.25) is 0 Å². The molecular weight excluding hydrogens is 300 g/mol. The highest BCUT2D eigenvalue weighted by Gasteiger charge is 2.74. The van der Waals surface area contributed by atoms with Crippen LogP contribution in [-0.2, 0) is 4.74 Å². The van der Waals surface area contributed by atoms with E-state index in [0.717, 1.165) is 12.8 Å². The second-order valence-corrected chi connectivity index (χ2v) is 6.71.